The van der Waals surface area contributed by atoms with Crippen LogP contribution in [0.15, 0.2) is 136 Å². The number of hydrogen-bond donors (Lipinski definition) is 1. The summed E-state index contributed by atoms with van der Waals surface area (Å²) < 4.78 is 0. The van der Waals surface area contributed by atoms with E-state index in [4.69, 9.17) is 0 Å². The van der Waals surface area contributed by atoms with Crippen molar-refractivity contribution >= 4 is 29.0 Å². The molecule has 44 heavy (non-hydrogen) atoms. The van der Waals surface area contributed by atoms with Gasteiger partial charge in [-0.2, -0.15) is 0 Å². The quantitative estimate of drug-likeness (QED) is 0.261. The average molecular weight is 601 g/mol. The third-order valence-electron chi connectivity index (χ3n) is 9.13. The molecule has 1 heterocycles. The molecule has 0 atom stereocenters. The number of amides is 1. The number of benzene rings is 3. The van der Waals surface area contributed by atoms with Crippen LogP contribution in [-0.2, 0) is 15.6 Å². The highest BCUT2D eigenvalue weighted by atomic mass is 32.2. The highest BCUT2D eigenvalue weighted by Gasteiger charge is 2.37. The topological polar surface area (TPSA) is 32.3 Å². The van der Waals surface area contributed by atoms with Crippen molar-refractivity contribution in [3.63, 3.8) is 0 Å². The minimum atomic E-state index is -0.176. The maximum absolute atomic E-state index is 11.5. The number of thioether (sulfide) groups is 1. The van der Waals surface area contributed by atoms with E-state index in [9.17, 15) is 4.79 Å². The molecule has 226 valence electrons. The number of aryl methyl sites for hydroxylation is 1. The summed E-state index contributed by atoms with van der Waals surface area (Å²) in [5, 5.41) is 2.87. The smallest absolute Gasteiger partial charge is 0.221 e. The predicted molar refractivity (Wildman–Crippen MR) is 189 cm³/mol. The minimum Gasteiger partial charge on any atom is -0.347 e. The normalized spacial score (nSPS) is 18.0. The summed E-state index contributed by atoms with van der Waals surface area (Å²) in [5.41, 5.74) is 10.9. The van der Waals surface area contributed by atoms with Crippen molar-refractivity contribution in [3.8, 4) is 0 Å². The Labute approximate surface area is 268 Å². The first kappa shape index (κ1) is 31.4. The molecule has 5 rings (SSSR count). The first-order valence-corrected chi connectivity index (χ1v) is 16.2. The molecule has 0 saturated carbocycles. The Bertz CT molecular complexity index is 1720. The molecule has 0 bridgehead atoms. The summed E-state index contributed by atoms with van der Waals surface area (Å²) >= 11 is 1.80. The first-order valence-electron chi connectivity index (χ1n) is 15.4. The molecule has 0 aromatic heterocycles. The van der Waals surface area contributed by atoms with Gasteiger partial charge in [-0.1, -0.05) is 107 Å². The fraction of sp³-hybridized carbons (Fsp3) is 0.275. The van der Waals surface area contributed by atoms with Gasteiger partial charge in [0, 0.05) is 51.7 Å². The number of nitrogens with one attached hydrogen (secondary N) is 1. The largest absolute Gasteiger partial charge is 0.347 e. The second-order valence-electron chi connectivity index (χ2n) is 12.9. The second kappa shape index (κ2) is 12.5. The van der Waals surface area contributed by atoms with Crippen LogP contribution in [0, 0.1) is 6.92 Å². The van der Waals surface area contributed by atoms with E-state index in [1.54, 1.807) is 11.8 Å². The van der Waals surface area contributed by atoms with Crippen molar-refractivity contribution in [2.75, 3.05) is 17.3 Å². The molecule has 1 N–H and O–H groups in total. The van der Waals surface area contributed by atoms with Crippen LogP contribution >= 0.6 is 11.8 Å². The van der Waals surface area contributed by atoms with Gasteiger partial charge < -0.3 is 10.2 Å². The fourth-order valence-corrected chi connectivity index (χ4v) is 7.53. The number of likely N-dealkylation sites (N-methyl/N-ethyl adjacent to an activating group) is 1. The van der Waals surface area contributed by atoms with Crippen molar-refractivity contribution in [2.45, 2.75) is 70.1 Å². The lowest BCUT2D eigenvalue weighted by Gasteiger charge is -2.28. The molecule has 0 spiro atoms. The van der Waals surface area contributed by atoms with E-state index >= 15 is 0 Å². The van der Waals surface area contributed by atoms with Crippen molar-refractivity contribution in [3.05, 3.63) is 148 Å². The number of anilines is 2. The van der Waals surface area contributed by atoms with Crippen LogP contribution in [0.5, 0.6) is 0 Å². The SMILES string of the molecule is C=C(/C=C/C1=C(Sc2ccc(NC(C)=O)cc2)C(=C/C=C2/N(C)c3ccccc3C2(C)C)/CC1)C(C)(C)c1ccccc1C. The monoisotopic (exact) mass is 600 g/mol. The number of nitrogens with zero attached hydrogens (tertiary/aromatic N) is 1. The summed E-state index contributed by atoms with van der Waals surface area (Å²) in [5.74, 6) is -0.0645. The molecule has 3 aromatic rings. The summed E-state index contributed by atoms with van der Waals surface area (Å²) in [6.07, 6.45) is 11.1. The molecular weight excluding hydrogens is 557 g/mol. The van der Waals surface area contributed by atoms with Gasteiger partial charge in [0.2, 0.25) is 5.91 Å². The van der Waals surface area contributed by atoms with Crippen LogP contribution < -0.4 is 10.2 Å². The van der Waals surface area contributed by atoms with Crippen LogP contribution in [0.2, 0.25) is 0 Å². The molecule has 0 fully saturated rings. The van der Waals surface area contributed by atoms with E-state index in [0.717, 1.165) is 29.0 Å². The molecule has 0 saturated heterocycles. The van der Waals surface area contributed by atoms with E-state index < -0.39 is 0 Å². The van der Waals surface area contributed by atoms with Gasteiger partial charge in [-0.25, -0.2) is 0 Å². The van der Waals surface area contributed by atoms with Crippen LogP contribution in [0.3, 0.4) is 0 Å². The van der Waals surface area contributed by atoms with Gasteiger partial charge >= 0.3 is 0 Å². The zero-order valence-corrected chi connectivity index (χ0v) is 27.9. The van der Waals surface area contributed by atoms with Crippen LogP contribution in [0.1, 0.15) is 64.2 Å². The Hall–Kier alpha value is -4.02. The Morgan fingerprint density at radius 2 is 1.66 bits per heavy atom. The summed E-state index contributed by atoms with van der Waals surface area (Å²) in [7, 11) is 2.17. The molecule has 1 aliphatic carbocycles. The predicted octanol–water partition coefficient (Wildman–Crippen LogP) is 10.4. The van der Waals surface area contributed by atoms with Gasteiger partial charge in [0.1, 0.15) is 0 Å². The molecule has 1 aliphatic heterocycles. The van der Waals surface area contributed by atoms with Gasteiger partial charge in [0.25, 0.3) is 0 Å². The highest BCUT2D eigenvalue weighted by molar-refractivity contribution is 8.03. The number of carbonyl (C=O) groups excluding carboxylic acids is 1. The van der Waals surface area contributed by atoms with Gasteiger partial charge in [0.05, 0.1) is 0 Å². The lowest BCUT2D eigenvalue weighted by molar-refractivity contribution is -0.114. The van der Waals surface area contributed by atoms with Crippen LogP contribution in [-0.4, -0.2) is 13.0 Å². The van der Waals surface area contributed by atoms with Crippen molar-refractivity contribution in [2.24, 2.45) is 0 Å². The summed E-state index contributed by atoms with van der Waals surface area (Å²) in [6, 6.07) is 25.4. The maximum Gasteiger partial charge on any atom is 0.221 e. The van der Waals surface area contributed by atoms with Gasteiger partial charge in [0.15, 0.2) is 0 Å². The second-order valence-corrected chi connectivity index (χ2v) is 14.0. The molecular formula is C40H44N2OS. The molecule has 0 unspecified atom stereocenters. The molecule has 0 radical (unpaired) electrons. The number of rotatable bonds is 8. The fourth-order valence-electron chi connectivity index (χ4n) is 6.42. The molecule has 3 nitrogen and oxygen atoms in total. The zero-order valence-electron chi connectivity index (χ0n) is 27.1. The van der Waals surface area contributed by atoms with E-state index in [-0.39, 0.29) is 16.7 Å². The lowest BCUT2D eigenvalue weighted by atomic mass is 9.76. The molecule has 2 aliphatic rings. The lowest BCUT2D eigenvalue weighted by Crippen LogP contribution is -2.22. The molecule has 1 amide bonds. The summed E-state index contributed by atoms with van der Waals surface area (Å²) in [4.78, 5) is 16.3. The Balaban J connectivity index is 1.49. The van der Waals surface area contributed by atoms with E-state index in [1.807, 2.05) is 12.1 Å². The van der Waals surface area contributed by atoms with Crippen molar-refractivity contribution < 1.29 is 4.79 Å². The molecule has 4 heteroatoms. The maximum atomic E-state index is 11.5. The van der Waals surface area contributed by atoms with Crippen molar-refractivity contribution in [1.82, 2.24) is 0 Å². The van der Waals surface area contributed by atoms with Crippen LogP contribution in [0.25, 0.3) is 0 Å². The zero-order chi connectivity index (χ0) is 31.6. The van der Waals surface area contributed by atoms with Gasteiger partial charge in [-0.3, -0.25) is 4.79 Å². The molecule has 3 aromatic carbocycles. The Kier molecular flexibility index (Phi) is 8.95. The van der Waals surface area contributed by atoms with Crippen LogP contribution in [0.4, 0.5) is 11.4 Å². The number of hydrogen-bond acceptors (Lipinski definition) is 3. The first-order chi connectivity index (χ1) is 20.9. The van der Waals surface area contributed by atoms with E-state index in [0.29, 0.717) is 0 Å². The van der Waals surface area contributed by atoms with E-state index in [2.05, 4.69) is 143 Å². The number of fused-ring (bicyclic) bond motifs is 1. The number of para-hydroxylation sites is 1. The Morgan fingerprint density at radius 3 is 2.34 bits per heavy atom. The number of carbonyl (C=O) groups is 1. The van der Waals surface area contributed by atoms with Gasteiger partial charge in [-0.15, -0.1) is 0 Å². The third-order valence-corrected chi connectivity index (χ3v) is 10.4. The van der Waals surface area contributed by atoms with E-state index in [1.165, 1.54) is 51.0 Å². The van der Waals surface area contributed by atoms with Gasteiger partial charge in [-0.05, 0) is 89.6 Å². The number of allylic oxidation sites excluding steroid dienone is 8. The standard InChI is InChI=1S/C40H44N2OS/c1-27-13-9-10-14-34(27)39(4,5)28(2)17-18-30-19-20-31(38(30)44-33-24-22-32(23-25-33)41-29(3)43)21-26-37-40(6,7)35-15-11-12-16-36(35)42(37)8/h9-18,21-26H,2,19-20H2,1,3-8H3,(H,41,43)/b18-17+,31-21+,37-26+. The average Bonchev–Trinajstić information content (AvgIpc) is 3.45. The Morgan fingerprint density at radius 1 is 0.977 bits per heavy atom. The van der Waals surface area contributed by atoms with Crippen molar-refractivity contribution in [1.29, 1.82) is 0 Å². The minimum absolute atomic E-state index is 0.0645. The third kappa shape index (κ3) is 6.27. The highest BCUT2D eigenvalue weighted by Crippen LogP contribution is 2.48. The summed E-state index contributed by atoms with van der Waals surface area (Å²) in [6.45, 7) is 17.4.